The molecule has 2 aromatic heterocycles. The number of hydrogen-bond donors (Lipinski definition) is 1. The monoisotopic (exact) mass is 326 g/mol. The van der Waals surface area contributed by atoms with Crippen LogP contribution < -0.4 is 5.32 Å². The zero-order valence-electron chi connectivity index (χ0n) is 12.3. The summed E-state index contributed by atoms with van der Waals surface area (Å²) in [6, 6.07) is 0. The lowest BCUT2D eigenvalue weighted by Crippen LogP contribution is -2.28. The van der Waals surface area contributed by atoms with Gasteiger partial charge in [-0.2, -0.15) is 9.78 Å². The standard InChI is InChI=1S/C12H15ClN6O3/c1-7-9(5-17(3)15-7)4-14-10(20)6-18-8(2)11(13)12(16-18)19(21)22/h5H,4,6H2,1-3H3,(H,14,20). The molecule has 22 heavy (non-hydrogen) atoms. The normalized spacial score (nSPS) is 10.7. The number of nitro groups is 1. The van der Waals surface area contributed by atoms with Gasteiger partial charge in [-0.05, 0) is 18.8 Å². The zero-order chi connectivity index (χ0) is 16.4. The van der Waals surface area contributed by atoms with Gasteiger partial charge in [-0.1, -0.05) is 11.6 Å². The van der Waals surface area contributed by atoms with E-state index in [4.69, 9.17) is 11.6 Å². The van der Waals surface area contributed by atoms with Gasteiger partial charge in [0, 0.05) is 25.4 Å². The quantitative estimate of drug-likeness (QED) is 0.654. The van der Waals surface area contributed by atoms with Crippen LogP contribution >= 0.6 is 11.6 Å². The van der Waals surface area contributed by atoms with Crippen molar-refractivity contribution >= 4 is 23.3 Å². The summed E-state index contributed by atoms with van der Waals surface area (Å²) >= 11 is 5.82. The fourth-order valence-electron chi connectivity index (χ4n) is 1.99. The van der Waals surface area contributed by atoms with Crippen LogP contribution in [0.5, 0.6) is 0 Å². The summed E-state index contributed by atoms with van der Waals surface area (Å²) in [6.45, 7) is 3.61. The molecule has 0 aliphatic carbocycles. The van der Waals surface area contributed by atoms with Crippen LogP contribution in [0, 0.1) is 24.0 Å². The highest BCUT2D eigenvalue weighted by molar-refractivity contribution is 6.33. The SMILES string of the molecule is Cc1nn(C)cc1CNC(=O)Cn1nc([N+](=O)[O-])c(Cl)c1C. The van der Waals surface area contributed by atoms with Gasteiger partial charge in [0.05, 0.1) is 16.5 Å². The predicted octanol–water partition coefficient (Wildman–Crippen LogP) is 1.11. The molecule has 0 aromatic carbocycles. The molecule has 0 saturated carbocycles. The van der Waals surface area contributed by atoms with E-state index in [0.717, 1.165) is 11.3 Å². The number of aromatic nitrogens is 4. The molecule has 0 fully saturated rings. The van der Waals surface area contributed by atoms with Crippen molar-refractivity contribution in [1.82, 2.24) is 24.9 Å². The van der Waals surface area contributed by atoms with Crippen molar-refractivity contribution in [3.05, 3.63) is 38.3 Å². The third kappa shape index (κ3) is 3.25. The van der Waals surface area contributed by atoms with Crippen LogP contribution in [0.25, 0.3) is 0 Å². The first-order valence-corrected chi connectivity index (χ1v) is 6.80. The molecule has 1 amide bonds. The summed E-state index contributed by atoms with van der Waals surface area (Å²) in [6.07, 6.45) is 1.82. The Morgan fingerprint density at radius 2 is 2.14 bits per heavy atom. The summed E-state index contributed by atoms with van der Waals surface area (Å²) in [4.78, 5) is 22.0. The van der Waals surface area contributed by atoms with Gasteiger partial charge >= 0.3 is 5.82 Å². The molecule has 9 nitrogen and oxygen atoms in total. The van der Waals surface area contributed by atoms with E-state index in [1.807, 2.05) is 13.1 Å². The third-order valence-corrected chi connectivity index (χ3v) is 3.62. The smallest absolute Gasteiger partial charge is 0.358 e. The van der Waals surface area contributed by atoms with Gasteiger partial charge in [-0.3, -0.25) is 9.48 Å². The van der Waals surface area contributed by atoms with Gasteiger partial charge in [0.2, 0.25) is 5.91 Å². The summed E-state index contributed by atoms with van der Waals surface area (Å²) in [5.41, 5.74) is 2.11. The van der Waals surface area contributed by atoms with Crippen molar-refractivity contribution in [1.29, 1.82) is 0 Å². The van der Waals surface area contributed by atoms with Crippen molar-refractivity contribution in [2.24, 2.45) is 7.05 Å². The van der Waals surface area contributed by atoms with E-state index >= 15 is 0 Å². The maximum Gasteiger partial charge on any atom is 0.408 e. The highest BCUT2D eigenvalue weighted by atomic mass is 35.5. The summed E-state index contributed by atoms with van der Waals surface area (Å²) < 4.78 is 2.88. The number of nitrogens with one attached hydrogen (secondary N) is 1. The van der Waals surface area contributed by atoms with Crippen LogP contribution in [-0.2, 0) is 24.9 Å². The minimum atomic E-state index is -0.678. The van der Waals surface area contributed by atoms with Crippen molar-refractivity contribution in [3.8, 4) is 0 Å². The Morgan fingerprint density at radius 3 is 2.64 bits per heavy atom. The number of carbonyl (C=O) groups is 1. The van der Waals surface area contributed by atoms with E-state index in [1.54, 1.807) is 18.7 Å². The first-order valence-electron chi connectivity index (χ1n) is 6.42. The summed E-state index contributed by atoms with van der Waals surface area (Å²) in [5.74, 6) is -0.768. The van der Waals surface area contributed by atoms with E-state index in [0.29, 0.717) is 12.2 Å². The topological polar surface area (TPSA) is 108 Å². The second kappa shape index (κ2) is 6.14. The van der Waals surface area contributed by atoms with Crippen LogP contribution in [0.15, 0.2) is 6.20 Å². The fourth-order valence-corrected chi connectivity index (χ4v) is 2.19. The van der Waals surface area contributed by atoms with E-state index in [2.05, 4.69) is 15.5 Å². The number of aryl methyl sites for hydroxylation is 2. The van der Waals surface area contributed by atoms with Crippen LogP contribution in [0.1, 0.15) is 17.0 Å². The highest BCUT2D eigenvalue weighted by Gasteiger charge is 2.24. The van der Waals surface area contributed by atoms with Crippen LogP contribution in [-0.4, -0.2) is 30.4 Å². The fraction of sp³-hybridized carbons (Fsp3) is 0.417. The third-order valence-electron chi connectivity index (χ3n) is 3.17. The van der Waals surface area contributed by atoms with Crippen molar-refractivity contribution in [2.75, 3.05) is 0 Å². The van der Waals surface area contributed by atoms with E-state index in [9.17, 15) is 14.9 Å². The Morgan fingerprint density at radius 1 is 1.45 bits per heavy atom. The average Bonchev–Trinajstić information content (AvgIpc) is 2.90. The molecule has 1 N–H and O–H groups in total. The number of hydrogen-bond acceptors (Lipinski definition) is 5. The lowest BCUT2D eigenvalue weighted by Gasteiger charge is -2.03. The molecule has 0 bridgehead atoms. The van der Waals surface area contributed by atoms with Crippen LogP contribution in [0.4, 0.5) is 5.82 Å². The number of amides is 1. The number of halogens is 1. The molecule has 0 aliphatic heterocycles. The Kier molecular flexibility index (Phi) is 4.45. The van der Waals surface area contributed by atoms with Gasteiger partial charge < -0.3 is 15.4 Å². The Balaban J connectivity index is 2.02. The van der Waals surface area contributed by atoms with Crippen LogP contribution in [0.2, 0.25) is 5.02 Å². The van der Waals surface area contributed by atoms with Crippen LogP contribution in [0.3, 0.4) is 0 Å². The van der Waals surface area contributed by atoms with Crippen molar-refractivity contribution in [2.45, 2.75) is 26.9 Å². The molecule has 0 spiro atoms. The number of nitrogens with zero attached hydrogens (tertiary/aromatic N) is 5. The first kappa shape index (κ1) is 16.0. The largest absolute Gasteiger partial charge is 0.408 e. The molecule has 2 aromatic rings. The lowest BCUT2D eigenvalue weighted by molar-refractivity contribution is -0.389. The van der Waals surface area contributed by atoms with Gasteiger partial charge in [-0.15, -0.1) is 0 Å². The molecule has 2 heterocycles. The molecular formula is C12H15ClN6O3. The molecule has 2 rings (SSSR count). The zero-order valence-corrected chi connectivity index (χ0v) is 13.1. The Labute approximate surface area is 131 Å². The molecule has 0 saturated heterocycles. The van der Waals surface area contributed by atoms with Crippen molar-refractivity contribution in [3.63, 3.8) is 0 Å². The van der Waals surface area contributed by atoms with E-state index in [1.165, 1.54) is 4.68 Å². The lowest BCUT2D eigenvalue weighted by atomic mass is 10.2. The van der Waals surface area contributed by atoms with Gasteiger partial charge in [0.25, 0.3) is 0 Å². The Bertz CT molecular complexity index is 736. The highest BCUT2D eigenvalue weighted by Crippen LogP contribution is 2.26. The molecule has 0 unspecified atom stereocenters. The number of rotatable bonds is 5. The maximum absolute atomic E-state index is 11.9. The molecule has 10 heteroatoms. The predicted molar refractivity (Wildman–Crippen MR) is 78.4 cm³/mol. The molecule has 0 atom stereocenters. The Hall–Kier alpha value is -2.42. The summed E-state index contributed by atoms with van der Waals surface area (Å²) in [5, 5.41) is 21.3. The molecular weight excluding hydrogens is 312 g/mol. The number of carbonyl (C=O) groups excluding carboxylic acids is 1. The minimum absolute atomic E-state index is 0.0547. The first-order chi connectivity index (χ1) is 10.3. The summed E-state index contributed by atoms with van der Waals surface area (Å²) in [7, 11) is 1.80. The molecule has 118 valence electrons. The van der Waals surface area contributed by atoms with Crippen molar-refractivity contribution < 1.29 is 9.72 Å². The van der Waals surface area contributed by atoms with Gasteiger partial charge in [-0.25, -0.2) is 0 Å². The second-order valence-electron chi connectivity index (χ2n) is 4.83. The molecule has 0 aliphatic rings. The van der Waals surface area contributed by atoms with E-state index in [-0.39, 0.29) is 17.5 Å². The molecule has 0 radical (unpaired) electrons. The second-order valence-corrected chi connectivity index (χ2v) is 5.21. The average molecular weight is 327 g/mol. The van der Waals surface area contributed by atoms with Gasteiger partial charge in [0.1, 0.15) is 6.54 Å². The van der Waals surface area contributed by atoms with E-state index < -0.39 is 10.7 Å². The maximum atomic E-state index is 11.9. The van der Waals surface area contributed by atoms with Gasteiger partial charge in [0.15, 0.2) is 5.02 Å². The minimum Gasteiger partial charge on any atom is -0.358 e.